The highest BCUT2D eigenvalue weighted by Crippen LogP contribution is 2.52. The number of sulfone groups is 1. The summed E-state index contributed by atoms with van der Waals surface area (Å²) in [4.78, 5) is 31.9. The van der Waals surface area contributed by atoms with E-state index in [1.807, 2.05) is 24.3 Å². The van der Waals surface area contributed by atoms with Gasteiger partial charge in [0.15, 0.2) is 9.90 Å². The van der Waals surface area contributed by atoms with Crippen LogP contribution in [-0.4, -0.2) is 52.3 Å². The molecule has 1 unspecified atom stereocenters. The van der Waals surface area contributed by atoms with Crippen molar-refractivity contribution < 1.29 is 27.9 Å². The van der Waals surface area contributed by atoms with Crippen LogP contribution in [-0.2, 0) is 43.1 Å². The number of amides is 1. The number of carbonyl (C=O) groups is 2. The summed E-state index contributed by atoms with van der Waals surface area (Å²) in [7, 11) is -2.70. The van der Waals surface area contributed by atoms with Gasteiger partial charge in [-0.25, -0.2) is 23.2 Å². The number of benzene rings is 1. The SMILES string of the molecule is CCCCC1(c2ccc(CC(N)(c3cccc(N(CC(=O)O)C(=O)OC(C)(C)C)n3)S(=O)(=O)c3cn(C)cn3)cc2)CC1. The fourth-order valence-corrected chi connectivity index (χ4v) is 6.78. The van der Waals surface area contributed by atoms with Crippen LogP contribution >= 0.6 is 0 Å². The Labute approximate surface area is 253 Å². The number of aliphatic carboxylic acids is 1. The van der Waals surface area contributed by atoms with Crippen molar-refractivity contribution in [3.63, 3.8) is 0 Å². The number of anilines is 1. The summed E-state index contributed by atoms with van der Waals surface area (Å²) in [5.41, 5.74) is 8.00. The summed E-state index contributed by atoms with van der Waals surface area (Å²) in [6.07, 6.45) is 7.34. The number of carbonyl (C=O) groups excluding carboxylic acids is 1. The van der Waals surface area contributed by atoms with Crippen molar-refractivity contribution in [2.24, 2.45) is 12.8 Å². The molecule has 1 fully saturated rings. The van der Waals surface area contributed by atoms with Crippen LogP contribution in [0.3, 0.4) is 0 Å². The zero-order chi connectivity index (χ0) is 31.6. The first-order valence-corrected chi connectivity index (χ1v) is 15.9. The molecule has 12 heteroatoms. The average molecular weight is 612 g/mol. The fraction of sp³-hybridized carbons (Fsp3) is 0.484. The van der Waals surface area contributed by atoms with E-state index in [0.717, 1.165) is 37.0 Å². The monoisotopic (exact) mass is 611 g/mol. The number of aromatic nitrogens is 3. The molecule has 0 saturated heterocycles. The third-order valence-electron chi connectivity index (χ3n) is 7.68. The first-order chi connectivity index (χ1) is 20.1. The van der Waals surface area contributed by atoms with Gasteiger partial charge in [-0.15, -0.1) is 0 Å². The lowest BCUT2D eigenvalue weighted by Crippen LogP contribution is -2.48. The minimum absolute atomic E-state index is 0.0692. The summed E-state index contributed by atoms with van der Waals surface area (Å²) < 4.78 is 35.2. The zero-order valence-electron chi connectivity index (χ0n) is 25.4. The van der Waals surface area contributed by atoms with Gasteiger partial charge in [-0.2, -0.15) is 0 Å². The number of nitrogens with two attached hydrogens (primary N) is 1. The molecule has 43 heavy (non-hydrogen) atoms. The number of nitrogens with zero attached hydrogens (tertiary/aromatic N) is 4. The van der Waals surface area contributed by atoms with Gasteiger partial charge in [-0.05, 0) is 68.7 Å². The van der Waals surface area contributed by atoms with Crippen molar-refractivity contribution in [1.82, 2.24) is 14.5 Å². The van der Waals surface area contributed by atoms with E-state index >= 15 is 0 Å². The number of hydrogen-bond donors (Lipinski definition) is 2. The number of unbranched alkanes of at least 4 members (excludes halogenated alkanes) is 1. The van der Waals surface area contributed by atoms with Gasteiger partial charge in [0.1, 0.15) is 18.0 Å². The number of ether oxygens (including phenoxy) is 1. The summed E-state index contributed by atoms with van der Waals surface area (Å²) >= 11 is 0. The highest BCUT2D eigenvalue weighted by molar-refractivity contribution is 7.92. The second-order valence-corrected chi connectivity index (χ2v) is 14.5. The molecule has 1 saturated carbocycles. The van der Waals surface area contributed by atoms with E-state index in [2.05, 4.69) is 16.9 Å². The van der Waals surface area contributed by atoms with Crippen LogP contribution in [0.25, 0.3) is 0 Å². The Morgan fingerprint density at radius 2 is 1.81 bits per heavy atom. The van der Waals surface area contributed by atoms with Crippen LogP contribution in [0, 0.1) is 0 Å². The summed E-state index contributed by atoms with van der Waals surface area (Å²) in [6, 6.07) is 12.2. The Morgan fingerprint density at radius 1 is 1.14 bits per heavy atom. The number of imidazole rings is 1. The van der Waals surface area contributed by atoms with Gasteiger partial charge in [0.2, 0.25) is 9.84 Å². The van der Waals surface area contributed by atoms with Crippen molar-refractivity contribution in [1.29, 1.82) is 0 Å². The van der Waals surface area contributed by atoms with Crippen molar-refractivity contribution in [3.8, 4) is 0 Å². The molecule has 2 aromatic heterocycles. The molecular weight excluding hydrogens is 570 g/mol. The minimum atomic E-state index is -4.35. The van der Waals surface area contributed by atoms with Crippen molar-refractivity contribution >= 4 is 27.7 Å². The lowest BCUT2D eigenvalue weighted by molar-refractivity contribution is -0.135. The zero-order valence-corrected chi connectivity index (χ0v) is 26.2. The van der Waals surface area contributed by atoms with Gasteiger partial charge in [0, 0.05) is 19.7 Å². The quantitative estimate of drug-likeness (QED) is 0.296. The second-order valence-electron chi connectivity index (χ2n) is 12.4. The van der Waals surface area contributed by atoms with Gasteiger partial charge < -0.3 is 20.1 Å². The highest BCUT2D eigenvalue weighted by atomic mass is 32.2. The molecule has 0 spiro atoms. The number of rotatable bonds is 12. The molecule has 3 aromatic rings. The average Bonchev–Trinajstić information content (AvgIpc) is 3.60. The van der Waals surface area contributed by atoms with E-state index in [-0.39, 0.29) is 28.4 Å². The number of pyridine rings is 1. The molecule has 1 amide bonds. The molecule has 0 radical (unpaired) electrons. The second kappa shape index (κ2) is 12.1. The molecule has 0 bridgehead atoms. The number of aryl methyl sites for hydroxylation is 1. The maximum Gasteiger partial charge on any atom is 0.416 e. The Hall–Kier alpha value is -3.77. The predicted octanol–water partition coefficient (Wildman–Crippen LogP) is 4.69. The number of carboxylic acids is 1. The molecule has 11 nitrogen and oxygen atoms in total. The molecule has 1 aromatic carbocycles. The molecule has 0 aliphatic heterocycles. The molecule has 2 heterocycles. The molecule has 1 aliphatic carbocycles. The Bertz CT molecular complexity index is 1570. The van der Waals surface area contributed by atoms with E-state index < -0.39 is 38.9 Å². The van der Waals surface area contributed by atoms with Crippen molar-refractivity contribution in [3.05, 3.63) is 71.8 Å². The van der Waals surface area contributed by atoms with Crippen molar-refractivity contribution in [2.45, 2.75) is 87.1 Å². The topological polar surface area (TPSA) is 158 Å². The molecule has 1 atom stereocenters. The summed E-state index contributed by atoms with van der Waals surface area (Å²) in [6.45, 7) is 6.38. The van der Waals surface area contributed by atoms with Gasteiger partial charge in [-0.1, -0.05) is 50.1 Å². The van der Waals surface area contributed by atoms with Gasteiger partial charge in [0.05, 0.1) is 12.0 Å². The van der Waals surface area contributed by atoms with E-state index in [4.69, 9.17) is 10.5 Å². The standard InChI is InChI=1S/C31H41N5O6S/c1-6-7-15-30(16-17-30)23-13-11-22(12-14-23)18-31(32,43(40,41)26-19-35(5)21-33-26)24-9-8-10-25(34-24)36(20-27(37)38)28(39)42-29(2,3)4/h8-14,19,21H,6-7,15-18,20,32H2,1-5H3,(H,37,38). The van der Waals surface area contributed by atoms with Crippen LogP contribution in [0.1, 0.15) is 76.6 Å². The largest absolute Gasteiger partial charge is 0.480 e. The van der Waals surface area contributed by atoms with E-state index in [1.54, 1.807) is 27.8 Å². The van der Waals surface area contributed by atoms with Crippen molar-refractivity contribution in [2.75, 3.05) is 11.4 Å². The number of carboxylic acid groups (broad SMARTS) is 1. The molecule has 4 rings (SSSR count). The molecule has 3 N–H and O–H groups in total. The first kappa shape index (κ1) is 32.2. The first-order valence-electron chi connectivity index (χ1n) is 14.4. The van der Waals surface area contributed by atoms with Gasteiger partial charge >= 0.3 is 12.1 Å². The van der Waals surface area contributed by atoms with Crippen LogP contribution in [0.15, 0.2) is 60.0 Å². The Kier molecular flexibility index (Phi) is 9.03. The molecule has 1 aliphatic rings. The van der Waals surface area contributed by atoms with Crippen LogP contribution < -0.4 is 10.6 Å². The van der Waals surface area contributed by atoms with E-state index in [1.165, 1.54) is 40.9 Å². The minimum Gasteiger partial charge on any atom is -0.480 e. The molecule has 232 valence electrons. The maximum atomic E-state index is 14.2. The van der Waals surface area contributed by atoms with Crippen LogP contribution in [0.5, 0.6) is 0 Å². The third kappa shape index (κ3) is 7.07. The maximum absolute atomic E-state index is 14.2. The van der Waals surface area contributed by atoms with Crippen LogP contribution in [0.4, 0.5) is 10.6 Å². The van der Waals surface area contributed by atoms with Gasteiger partial charge in [0.25, 0.3) is 0 Å². The highest BCUT2D eigenvalue weighted by Gasteiger charge is 2.47. The van der Waals surface area contributed by atoms with E-state index in [0.29, 0.717) is 5.56 Å². The lowest BCUT2D eigenvalue weighted by Gasteiger charge is -2.30. The normalized spacial score (nSPS) is 15.9. The summed E-state index contributed by atoms with van der Waals surface area (Å²) in [5.74, 6) is -1.41. The Balaban J connectivity index is 1.77. The third-order valence-corrected chi connectivity index (χ3v) is 9.76. The smallest absolute Gasteiger partial charge is 0.416 e. The lowest BCUT2D eigenvalue weighted by atomic mass is 9.89. The fourth-order valence-electron chi connectivity index (χ4n) is 5.17. The summed E-state index contributed by atoms with van der Waals surface area (Å²) in [5, 5.41) is 9.29. The number of hydrogen-bond acceptors (Lipinski definition) is 8. The predicted molar refractivity (Wildman–Crippen MR) is 162 cm³/mol. The molecular formula is C31H41N5O6S. The van der Waals surface area contributed by atoms with Crippen LogP contribution in [0.2, 0.25) is 0 Å². The van der Waals surface area contributed by atoms with Gasteiger partial charge in [-0.3, -0.25) is 9.69 Å². The Morgan fingerprint density at radius 3 is 2.35 bits per heavy atom. The van der Waals surface area contributed by atoms with E-state index in [9.17, 15) is 23.1 Å².